The van der Waals surface area contributed by atoms with Crippen molar-refractivity contribution in [2.75, 3.05) is 26.7 Å². The summed E-state index contributed by atoms with van der Waals surface area (Å²) in [7, 11) is 2.22. The Hall–Kier alpha value is -0.160. The van der Waals surface area contributed by atoms with Crippen LogP contribution < -0.4 is 0 Å². The molecule has 2 unspecified atom stereocenters. The van der Waals surface area contributed by atoms with Gasteiger partial charge in [0.1, 0.15) is 0 Å². The van der Waals surface area contributed by atoms with Gasteiger partial charge in [0.25, 0.3) is 0 Å². The van der Waals surface area contributed by atoms with Crippen molar-refractivity contribution < 1.29 is 0 Å². The molecule has 3 nitrogen and oxygen atoms in total. The molecule has 0 spiro atoms. The van der Waals surface area contributed by atoms with Gasteiger partial charge in [-0.1, -0.05) is 0 Å². The molecule has 0 saturated carbocycles. The molecule has 1 saturated heterocycles. The van der Waals surface area contributed by atoms with Crippen LogP contribution in [0.1, 0.15) is 24.5 Å². The van der Waals surface area contributed by atoms with Gasteiger partial charge in [-0.2, -0.15) is 0 Å². The summed E-state index contributed by atoms with van der Waals surface area (Å²) in [6, 6.07) is 1.28. The molecular formula is C13H22ClN3S. The summed E-state index contributed by atoms with van der Waals surface area (Å²) < 4.78 is 0. The average Bonchev–Trinajstić information content (AvgIpc) is 2.81. The zero-order valence-corrected chi connectivity index (χ0v) is 13.0. The van der Waals surface area contributed by atoms with Gasteiger partial charge in [-0.05, 0) is 20.9 Å². The van der Waals surface area contributed by atoms with Crippen LogP contribution in [0.4, 0.5) is 0 Å². The van der Waals surface area contributed by atoms with Crippen molar-refractivity contribution in [1.82, 2.24) is 14.8 Å². The van der Waals surface area contributed by atoms with E-state index in [4.69, 9.17) is 11.6 Å². The summed E-state index contributed by atoms with van der Waals surface area (Å²) in [5, 5.41) is 3.28. The minimum Gasteiger partial charge on any atom is -0.300 e. The maximum Gasteiger partial charge on any atom is 0.0941 e. The molecule has 2 heterocycles. The molecule has 0 N–H and O–H groups in total. The first-order valence-corrected chi connectivity index (χ1v) is 7.95. The summed E-state index contributed by atoms with van der Waals surface area (Å²) >= 11 is 7.50. The van der Waals surface area contributed by atoms with Gasteiger partial charge in [-0.15, -0.1) is 22.9 Å². The van der Waals surface area contributed by atoms with E-state index in [1.807, 2.05) is 0 Å². The third kappa shape index (κ3) is 3.44. The lowest BCUT2D eigenvalue weighted by molar-refractivity contribution is 0.0608. The smallest absolute Gasteiger partial charge is 0.0941 e. The highest BCUT2D eigenvalue weighted by Gasteiger charge is 2.26. The number of rotatable bonds is 4. The minimum atomic E-state index is 0.527. The highest BCUT2D eigenvalue weighted by molar-refractivity contribution is 7.09. The topological polar surface area (TPSA) is 19.4 Å². The number of likely N-dealkylation sites (N-methyl/N-ethyl adjacent to an activating group) is 1. The molecule has 2 atom stereocenters. The largest absolute Gasteiger partial charge is 0.300 e. The van der Waals surface area contributed by atoms with E-state index < -0.39 is 0 Å². The molecule has 18 heavy (non-hydrogen) atoms. The van der Waals surface area contributed by atoms with Crippen molar-refractivity contribution in [3.8, 4) is 0 Å². The highest BCUT2D eigenvalue weighted by Crippen LogP contribution is 2.16. The molecule has 102 valence electrons. The summed E-state index contributed by atoms with van der Waals surface area (Å²) in [4.78, 5) is 9.53. The molecule has 0 bridgehead atoms. The van der Waals surface area contributed by atoms with Gasteiger partial charge in [-0.25, -0.2) is 4.98 Å². The number of halogens is 1. The lowest BCUT2D eigenvalue weighted by Crippen LogP contribution is -2.55. The van der Waals surface area contributed by atoms with Gasteiger partial charge < -0.3 is 0 Å². The molecule has 5 heteroatoms. The molecule has 0 amide bonds. The molecule has 1 aliphatic heterocycles. The molecule has 0 aromatic carbocycles. The zero-order valence-electron chi connectivity index (χ0n) is 11.4. The lowest BCUT2D eigenvalue weighted by atomic mass is 10.1. The fraction of sp³-hybridized carbons (Fsp3) is 0.769. The number of hydrogen-bond acceptors (Lipinski definition) is 4. The summed E-state index contributed by atoms with van der Waals surface area (Å²) in [6.07, 6.45) is 1.05. The second-order valence-electron chi connectivity index (χ2n) is 5.24. The number of thiazole rings is 1. The Bertz CT molecular complexity index is 370. The summed E-state index contributed by atoms with van der Waals surface area (Å²) in [6.45, 7) is 8.04. The summed E-state index contributed by atoms with van der Waals surface area (Å²) in [5.74, 6) is 0.527. The molecule has 1 aromatic rings. The molecule has 0 aliphatic carbocycles. The average molecular weight is 288 g/mol. The van der Waals surface area contributed by atoms with Gasteiger partial charge in [-0.3, -0.25) is 9.80 Å². The van der Waals surface area contributed by atoms with E-state index >= 15 is 0 Å². The van der Waals surface area contributed by atoms with Crippen LogP contribution in [0.5, 0.6) is 0 Å². The first-order valence-electron chi connectivity index (χ1n) is 6.53. The Morgan fingerprint density at radius 2 is 2.06 bits per heavy atom. The van der Waals surface area contributed by atoms with E-state index in [9.17, 15) is 0 Å². The van der Waals surface area contributed by atoms with Crippen molar-refractivity contribution in [2.24, 2.45) is 0 Å². The molecule has 2 rings (SSSR count). The number of alkyl halides is 1. The fourth-order valence-corrected chi connectivity index (χ4v) is 3.49. The quantitative estimate of drug-likeness (QED) is 0.793. The Morgan fingerprint density at radius 1 is 1.39 bits per heavy atom. The van der Waals surface area contributed by atoms with Crippen LogP contribution in [0, 0.1) is 0 Å². The van der Waals surface area contributed by atoms with Crippen LogP contribution in [0.15, 0.2) is 5.38 Å². The first kappa shape index (κ1) is 14.3. The number of hydrogen-bond donors (Lipinski definition) is 0. The second-order valence-corrected chi connectivity index (χ2v) is 6.45. The third-order valence-electron chi connectivity index (χ3n) is 3.81. The van der Waals surface area contributed by atoms with Gasteiger partial charge in [0, 0.05) is 43.5 Å². The molecule has 1 fully saturated rings. The third-order valence-corrected chi connectivity index (χ3v) is 5.04. The van der Waals surface area contributed by atoms with Crippen molar-refractivity contribution in [1.29, 1.82) is 0 Å². The van der Waals surface area contributed by atoms with Crippen LogP contribution in [-0.2, 0) is 12.3 Å². The van der Waals surface area contributed by atoms with Crippen LogP contribution >= 0.6 is 22.9 Å². The van der Waals surface area contributed by atoms with E-state index in [1.165, 1.54) is 5.01 Å². The van der Waals surface area contributed by atoms with E-state index in [1.54, 1.807) is 11.3 Å². The number of aromatic nitrogens is 1. The van der Waals surface area contributed by atoms with Crippen LogP contribution in [-0.4, -0.2) is 53.5 Å². The van der Waals surface area contributed by atoms with Crippen LogP contribution in [0.2, 0.25) is 0 Å². The predicted octanol–water partition coefficient (Wildman–Crippen LogP) is 2.45. The van der Waals surface area contributed by atoms with Crippen LogP contribution in [0.3, 0.4) is 0 Å². The van der Waals surface area contributed by atoms with Crippen LogP contribution in [0.25, 0.3) is 0 Å². The maximum atomic E-state index is 5.77. The molecular weight excluding hydrogens is 266 g/mol. The van der Waals surface area contributed by atoms with Gasteiger partial charge in [0.2, 0.25) is 0 Å². The van der Waals surface area contributed by atoms with Gasteiger partial charge in [0.05, 0.1) is 16.6 Å². The normalized spacial score (nSPS) is 26.7. The Kier molecular flexibility index (Phi) is 5.01. The van der Waals surface area contributed by atoms with Crippen molar-refractivity contribution in [2.45, 2.75) is 38.2 Å². The predicted molar refractivity (Wildman–Crippen MR) is 78.5 cm³/mol. The second kappa shape index (κ2) is 6.33. The fourth-order valence-electron chi connectivity index (χ4n) is 2.48. The Morgan fingerprint density at radius 3 is 2.61 bits per heavy atom. The van der Waals surface area contributed by atoms with Gasteiger partial charge >= 0.3 is 0 Å². The Labute approximate surface area is 119 Å². The minimum absolute atomic E-state index is 0.527. The van der Waals surface area contributed by atoms with Gasteiger partial charge in [0.15, 0.2) is 0 Å². The summed E-state index contributed by atoms with van der Waals surface area (Å²) in [5.41, 5.74) is 1.01. The molecule has 0 radical (unpaired) electrons. The molecule has 1 aliphatic rings. The van der Waals surface area contributed by atoms with E-state index in [0.717, 1.165) is 31.7 Å². The van der Waals surface area contributed by atoms with E-state index in [-0.39, 0.29) is 0 Å². The first-order chi connectivity index (χ1) is 8.60. The van der Waals surface area contributed by atoms with Crippen molar-refractivity contribution >= 4 is 22.9 Å². The van der Waals surface area contributed by atoms with Crippen molar-refractivity contribution in [3.05, 3.63) is 16.1 Å². The lowest BCUT2D eigenvalue weighted by Gasteiger charge is -2.42. The number of piperazine rings is 1. The molecule has 1 aromatic heterocycles. The van der Waals surface area contributed by atoms with E-state index in [2.05, 4.69) is 41.1 Å². The highest BCUT2D eigenvalue weighted by atomic mass is 35.5. The monoisotopic (exact) mass is 287 g/mol. The zero-order chi connectivity index (χ0) is 13.1. The standard InChI is InChI=1S/C13H22ClN3S/c1-10-7-17(8-11(2)16(10)3)5-4-13-15-12(6-14)9-18-13/h9-11H,4-8H2,1-3H3. The Balaban J connectivity index is 1.83. The van der Waals surface area contributed by atoms with E-state index in [0.29, 0.717) is 18.0 Å². The SMILES string of the molecule is CC1CN(CCc2nc(CCl)cs2)CC(C)N1C. The number of nitrogens with zero attached hydrogens (tertiary/aromatic N) is 3. The maximum absolute atomic E-state index is 5.77. The van der Waals surface area contributed by atoms with Crippen molar-refractivity contribution in [3.63, 3.8) is 0 Å².